The molecule has 0 bridgehead atoms. The summed E-state index contributed by atoms with van der Waals surface area (Å²) >= 11 is 2.20. The van der Waals surface area contributed by atoms with Crippen molar-refractivity contribution in [2.45, 2.75) is 6.92 Å². The summed E-state index contributed by atoms with van der Waals surface area (Å²) in [5.74, 6) is 3.76. The first kappa shape index (κ1) is 16.4. The van der Waals surface area contributed by atoms with Crippen molar-refractivity contribution in [3.63, 3.8) is 0 Å². The van der Waals surface area contributed by atoms with Crippen LogP contribution in [0.3, 0.4) is 0 Å². The summed E-state index contributed by atoms with van der Waals surface area (Å²) in [6, 6.07) is 11.9. The Morgan fingerprint density at radius 3 is 2.77 bits per heavy atom. The summed E-state index contributed by atoms with van der Waals surface area (Å²) < 4.78 is 11.8. The van der Waals surface area contributed by atoms with Crippen LogP contribution in [0, 0.1) is 22.8 Å². The zero-order chi connectivity index (χ0) is 15.9. The zero-order valence-corrected chi connectivity index (χ0v) is 14.6. The van der Waals surface area contributed by atoms with Crippen LogP contribution in [0.2, 0.25) is 0 Å². The Morgan fingerprint density at radius 2 is 2.09 bits per heavy atom. The number of benzene rings is 2. The van der Waals surface area contributed by atoms with Crippen LogP contribution >= 0.6 is 22.6 Å². The summed E-state index contributed by atoms with van der Waals surface area (Å²) in [5.41, 5.74) is 3.02. The number of methoxy groups -OCH3 is 1. The molecule has 0 aromatic heterocycles. The highest BCUT2D eigenvalue weighted by Gasteiger charge is 2.10. The molecule has 3 nitrogen and oxygen atoms in total. The number of halogens is 1. The quantitative estimate of drug-likeness (QED) is 0.420. The largest absolute Gasteiger partial charge is 0.493 e. The van der Waals surface area contributed by atoms with Gasteiger partial charge in [0.25, 0.3) is 0 Å². The zero-order valence-electron chi connectivity index (χ0n) is 12.5. The number of hydrogen-bond donors (Lipinski definition) is 0. The molecule has 4 heteroatoms. The first-order chi connectivity index (χ1) is 10.7. The Kier molecular flexibility index (Phi) is 5.84. The van der Waals surface area contributed by atoms with Crippen LogP contribution in [-0.4, -0.2) is 19.9 Å². The first-order valence-electron chi connectivity index (χ1n) is 6.69. The molecular weight excluding hydrogens is 389 g/mol. The Balaban J connectivity index is 2.31. The smallest absolute Gasteiger partial charge is 0.175 e. The summed E-state index contributed by atoms with van der Waals surface area (Å²) in [6.45, 7) is 2.25. The Morgan fingerprint density at radius 1 is 1.32 bits per heavy atom. The van der Waals surface area contributed by atoms with Crippen molar-refractivity contribution in [1.82, 2.24) is 0 Å². The van der Waals surface area contributed by atoms with Crippen LogP contribution in [0.25, 0.3) is 0 Å². The van der Waals surface area contributed by atoms with Crippen LogP contribution in [0.4, 0.5) is 5.69 Å². The average molecular weight is 405 g/mol. The van der Waals surface area contributed by atoms with Gasteiger partial charge in [0.2, 0.25) is 0 Å². The summed E-state index contributed by atoms with van der Waals surface area (Å²) in [6.07, 6.45) is 7.05. The number of aliphatic imine (C=N–C) groups is 1. The van der Waals surface area contributed by atoms with Crippen LogP contribution < -0.4 is 9.47 Å². The van der Waals surface area contributed by atoms with Gasteiger partial charge in [-0.1, -0.05) is 24.1 Å². The average Bonchev–Trinajstić information content (AvgIpc) is 2.52. The van der Waals surface area contributed by atoms with Gasteiger partial charge < -0.3 is 9.47 Å². The van der Waals surface area contributed by atoms with Gasteiger partial charge in [-0.2, -0.15) is 0 Å². The standard InChI is InChI=1S/C18H16INO2/c1-4-9-22-18-15(19)10-14(11-17(18)21-3)12-20-16-8-6-5-7-13(16)2/h1,5-8,10-12H,9H2,2-3H3. The third-order valence-corrected chi connectivity index (χ3v) is 3.82. The van der Waals surface area contributed by atoms with E-state index in [1.54, 1.807) is 7.11 Å². The molecule has 0 saturated carbocycles. The van der Waals surface area contributed by atoms with Gasteiger partial charge >= 0.3 is 0 Å². The fraction of sp³-hybridized carbons (Fsp3) is 0.167. The van der Waals surface area contributed by atoms with Crippen LogP contribution in [0.15, 0.2) is 41.4 Å². The van der Waals surface area contributed by atoms with Crippen LogP contribution in [-0.2, 0) is 0 Å². The van der Waals surface area contributed by atoms with E-state index >= 15 is 0 Å². The number of para-hydroxylation sites is 1. The first-order valence-corrected chi connectivity index (χ1v) is 7.77. The van der Waals surface area contributed by atoms with Gasteiger partial charge in [-0.3, -0.25) is 4.99 Å². The van der Waals surface area contributed by atoms with Gasteiger partial charge in [0.1, 0.15) is 6.61 Å². The number of terminal acetylenes is 1. The summed E-state index contributed by atoms with van der Waals surface area (Å²) in [7, 11) is 1.61. The van der Waals surface area contributed by atoms with Crippen molar-refractivity contribution < 1.29 is 9.47 Å². The van der Waals surface area contributed by atoms with E-state index < -0.39 is 0 Å². The van der Waals surface area contributed by atoms with Crippen molar-refractivity contribution in [2.24, 2.45) is 4.99 Å². The van der Waals surface area contributed by atoms with Crippen molar-refractivity contribution in [1.29, 1.82) is 0 Å². The molecule has 2 aromatic carbocycles. The highest BCUT2D eigenvalue weighted by Crippen LogP contribution is 2.33. The van der Waals surface area contributed by atoms with E-state index in [1.807, 2.05) is 49.5 Å². The molecule has 112 valence electrons. The molecule has 0 amide bonds. The molecule has 0 aliphatic heterocycles. The number of nitrogens with zero attached hydrogens (tertiary/aromatic N) is 1. The molecule has 0 unspecified atom stereocenters. The number of ether oxygens (including phenoxy) is 2. The molecule has 0 radical (unpaired) electrons. The van der Waals surface area contributed by atoms with E-state index in [4.69, 9.17) is 15.9 Å². The Hall–Kier alpha value is -2.00. The maximum absolute atomic E-state index is 5.53. The van der Waals surface area contributed by atoms with Gasteiger partial charge in [0.05, 0.1) is 16.4 Å². The number of rotatable bonds is 5. The molecule has 2 aromatic rings. The Labute approximate surface area is 144 Å². The second kappa shape index (κ2) is 7.85. The van der Waals surface area contributed by atoms with Crippen LogP contribution in [0.1, 0.15) is 11.1 Å². The van der Waals surface area contributed by atoms with E-state index in [-0.39, 0.29) is 6.61 Å². The molecular formula is C18H16INO2. The maximum Gasteiger partial charge on any atom is 0.175 e. The molecule has 0 atom stereocenters. The molecule has 0 heterocycles. The molecule has 0 spiro atoms. The minimum atomic E-state index is 0.211. The monoisotopic (exact) mass is 405 g/mol. The molecule has 22 heavy (non-hydrogen) atoms. The van der Waals surface area contributed by atoms with Crippen molar-refractivity contribution in [3.8, 4) is 23.8 Å². The SMILES string of the molecule is C#CCOc1c(I)cc(C=Nc2ccccc2C)cc1OC. The van der Waals surface area contributed by atoms with Gasteiger partial charge in [-0.05, 0) is 58.8 Å². The topological polar surface area (TPSA) is 30.8 Å². The van der Waals surface area contributed by atoms with Gasteiger partial charge in [0, 0.05) is 6.21 Å². The highest BCUT2D eigenvalue weighted by molar-refractivity contribution is 14.1. The van der Waals surface area contributed by atoms with E-state index in [0.29, 0.717) is 11.5 Å². The number of aryl methyl sites for hydroxylation is 1. The molecule has 0 saturated heterocycles. The second-order valence-electron chi connectivity index (χ2n) is 4.57. The van der Waals surface area contributed by atoms with Crippen LogP contribution in [0.5, 0.6) is 11.5 Å². The molecule has 0 aliphatic rings. The second-order valence-corrected chi connectivity index (χ2v) is 5.73. The lowest BCUT2D eigenvalue weighted by Gasteiger charge is -2.11. The van der Waals surface area contributed by atoms with Crippen molar-refractivity contribution in [3.05, 3.63) is 51.1 Å². The predicted octanol–water partition coefficient (Wildman–Crippen LogP) is 4.37. The fourth-order valence-electron chi connectivity index (χ4n) is 1.92. The van der Waals surface area contributed by atoms with E-state index in [2.05, 4.69) is 33.5 Å². The van der Waals surface area contributed by atoms with E-state index in [1.165, 1.54) is 0 Å². The van der Waals surface area contributed by atoms with E-state index in [9.17, 15) is 0 Å². The van der Waals surface area contributed by atoms with Crippen molar-refractivity contribution in [2.75, 3.05) is 13.7 Å². The lowest BCUT2D eigenvalue weighted by molar-refractivity contribution is 0.328. The van der Waals surface area contributed by atoms with Gasteiger partial charge in [-0.15, -0.1) is 6.42 Å². The predicted molar refractivity (Wildman–Crippen MR) is 98.5 cm³/mol. The third kappa shape index (κ3) is 4.01. The normalized spacial score (nSPS) is 10.5. The fourth-order valence-corrected chi connectivity index (χ4v) is 2.70. The molecule has 0 aliphatic carbocycles. The van der Waals surface area contributed by atoms with Crippen molar-refractivity contribution >= 4 is 34.5 Å². The molecule has 0 fully saturated rings. The third-order valence-electron chi connectivity index (χ3n) is 3.02. The molecule has 0 N–H and O–H groups in total. The minimum Gasteiger partial charge on any atom is -0.493 e. The van der Waals surface area contributed by atoms with E-state index in [0.717, 1.165) is 20.4 Å². The summed E-state index contributed by atoms with van der Waals surface area (Å²) in [4.78, 5) is 4.53. The van der Waals surface area contributed by atoms with Gasteiger partial charge in [0.15, 0.2) is 11.5 Å². The number of hydrogen-bond acceptors (Lipinski definition) is 3. The minimum absolute atomic E-state index is 0.211. The molecule has 2 rings (SSSR count). The summed E-state index contributed by atoms with van der Waals surface area (Å²) in [5, 5.41) is 0. The van der Waals surface area contributed by atoms with Gasteiger partial charge in [-0.25, -0.2) is 0 Å². The maximum atomic E-state index is 5.53. The lowest BCUT2D eigenvalue weighted by Crippen LogP contribution is -2.00. The Bertz CT molecular complexity index is 732. The highest BCUT2D eigenvalue weighted by atomic mass is 127. The lowest BCUT2D eigenvalue weighted by atomic mass is 10.2.